The molecule has 2 aliphatic heterocycles. The van der Waals surface area contributed by atoms with E-state index in [2.05, 4.69) is 6.92 Å². The summed E-state index contributed by atoms with van der Waals surface area (Å²) in [7, 11) is 0. The zero-order valence-electron chi connectivity index (χ0n) is 11.9. The molecule has 2 heterocycles. The van der Waals surface area contributed by atoms with E-state index in [4.69, 9.17) is 9.47 Å². The van der Waals surface area contributed by atoms with E-state index < -0.39 is 11.5 Å². The van der Waals surface area contributed by atoms with Gasteiger partial charge in [0.15, 0.2) is 5.78 Å². The van der Waals surface area contributed by atoms with Gasteiger partial charge in [-0.1, -0.05) is 13.8 Å². The Morgan fingerprint density at radius 2 is 2.00 bits per heavy atom. The van der Waals surface area contributed by atoms with Crippen molar-refractivity contribution in [1.82, 2.24) is 0 Å². The smallest absolute Gasteiger partial charge is 0.309 e. The second-order valence-electron chi connectivity index (χ2n) is 7.19. The molecule has 5 heteroatoms. The molecule has 0 spiro atoms. The summed E-state index contributed by atoms with van der Waals surface area (Å²) >= 11 is 0. The van der Waals surface area contributed by atoms with E-state index >= 15 is 0 Å². The predicted molar refractivity (Wildman–Crippen MR) is 67.6 cm³/mol. The van der Waals surface area contributed by atoms with Crippen LogP contribution in [0.3, 0.4) is 0 Å². The minimum absolute atomic E-state index is 0.0130. The number of epoxide rings is 1. The summed E-state index contributed by atoms with van der Waals surface area (Å²) in [4.78, 5) is 24.4. The zero-order valence-corrected chi connectivity index (χ0v) is 11.9. The minimum atomic E-state index is -0.826. The molecule has 5 nitrogen and oxygen atoms in total. The molecule has 1 N–H and O–H groups in total. The van der Waals surface area contributed by atoms with E-state index in [-0.39, 0.29) is 53.7 Å². The van der Waals surface area contributed by atoms with E-state index in [0.717, 1.165) is 0 Å². The van der Waals surface area contributed by atoms with Crippen molar-refractivity contribution in [1.29, 1.82) is 0 Å². The molecule has 2 saturated heterocycles. The minimum Gasteiger partial charge on any atom is -0.462 e. The van der Waals surface area contributed by atoms with Crippen molar-refractivity contribution < 1.29 is 24.2 Å². The van der Waals surface area contributed by atoms with Crippen molar-refractivity contribution in [3.05, 3.63) is 0 Å². The number of fused-ring (bicyclic) bond motifs is 4. The predicted octanol–water partition coefficient (Wildman–Crippen LogP) is 0.537. The van der Waals surface area contributed by atoms with Crippen LogP contribution in [0.25, 0.3) is 0 Å². The van der Waals surface area contributed by atoms with Gasteiger partial charge in [0.05, 0.1) is 23.5 Å². The van der Waals surface area contributed by atoms with Crippen molar-refractivity contribution in [3.8, 4) is 0 Å². The highest BCUT2D eigenvalue weighted by Crippen LogP contribution is 2.61. The maximum atomic E-state index is 12.6. The number of hydrogen-bond donors (Lipinski definition) is 1. The fourth-order valence-corrected chi connectivity index (χ4v) is 5.09. The highest BCUT2D eigenvalue weighted by Gasteiger charge is 2.73. The quantitative estimate of drug-likeness (QED) is 0.517. The Hall–Kier alpha value is -0.940. The fourth-order valence-electron chi connectivity index (χ4n) is 5.09. The first-order valence-corrected chi connectivity index (χ1v) is 7.45. The van der Waals surface area contributed by atoms with Gasteiger partial charge in [-0.2, -0.15) is 0 Å². The summed E-state index contributed by atoms with van der Waals surface area (Å²) in [6.07, 6.45) is -0.755. The van der Waals surface area contributed by atoms with E-state index in [1.807, 2.05) is 6.92 Å². The van der Waals surface area contributed by atoms with E-state index in [1.54, 1.807) is 6.92 Å². The maximum absolute atomic E-state index is 12.6. The molecule has 0 radical (unpaired) electrons. The first-order chi connectivity index (χ1) is 9.37. The molecule has 2 saturated carbocycles. The summed E-state index contributed by atoms with van der Waals surface area (Å²) in [6, 6.07) is 0. The molecular formula is C15H20O5. The van der Waals surface area contributed by atoms with Gasteiger partial charge in [0, 0.05) is 11.8 Å². The van der Waals surface area contributed by atoms with Crippen LogP contribution in [0.15, 0.2) is 0 Å². The van der Waals surface area contributed by atoms with Gasteiger partial charge in [-0.05, 0) is 19.3 Å². The molecule has 0 aromatic rings. The second kappa shape index (κ2) is 3.63. The maximum Gasteiger partial charge on any atom is 0.309 e. The van der Waals surface area contributed by atoms with Gasteiger partial charge in [-0.25, -0.2) is 0 Å². The van der Waals surface area contributed by atoms with E-state index in [1.165, 1.54) is 0 Å². The highest BCUT2D eigenvalue weighted by atomic mass is 16.6. The summed E-state index contributed by atoms with van der Waals surface area (Å²) in [5, 5.41) is 10.9. The van der Waals surface area contributed by atoms with Crippen molar-refractivity contribution >= 4 is 11.8 Å². The Bertz CT molecular complexity index is 502. The Morgan fingerprint density at radius 3 is 2.70 bits per heavy atom. The topological polar surface area (TPSA) is 76.1 Å². The van der Waals surface area contributed by atoms with E-state index in [0.29, 0.717) is 6.42 Å². The van der Waals surface area contributed by atoms with Crippen LogP contribution in [0.5, 0.6) is 0 Å². The average Bonchev–Trinajstić information content (AvgIpc) is 3.06. The molecule has 4 aliphatic rings. The number of ketones is 1. The molecule has 110 valence electrons. The molecule has 0 aromatic carbocycles. The van der Waals surface area contributed by atoms with Crippen LogP contribution in [0.2, 0.25) is 0 Å². The molecule has 2 aliphatic carbocycles. The van der Waals surface area contributed by atoms with Crippen LogP contribution in [0.4, 0.5) is 0 Å². The zero-order chi connectivity index (χ0) is 14.4. The number of ether oxygens (including phenoxy) is 2. The van der Waals surface area contributed by atoms with Crippen LogP contribution >= 0.6 is 0 Å². The van der Waals surface area contributed by atoms with Gasteiger partial charge < -0.3 is 14.6 Å². The van der Waals surface area contributed by atoms with Gasteiger partial charge >= 0.3 is 5.97 Å². The summed E-state index contributed by atoms with van der Waals surface area (Å²) in [5.41, 5.74) is -0.797. The Labute approximate surface area is 117 Å². The number of hydrogen-bond acceptors (Lipinski definition) is 5. The summed E-state index contributed by atoms with van der Waals surface area (Å²) < 4.78 is 10.9. The SMILES string of the molecule is C[C@@H]1C[C@@H]2OC(=O)[C@H](C)[C@@H]2[C@H](O)[C@]2(C)C(=O)[C@@H]3O[C@@H]3[C@H]12. The van der Waals surface area contributed by atoms with Crippen molar-refractivity contribution in [2.24, 2.45) is 29.1 Å². The van der Waals surface area contributed by atoms with Gasteiger partial charge in [0.1, 0.15) is 12.2 Å². The van der Waals surface area contributed by atoms with Gasteiger partial charge in [-0.15, -0.1) is 0 Å². The van der Waals surface area contributed by atoms with Crippen LogP contribution in [-0.2, 0) is 19.1 Å². The van der Waals surface area contributed by atoms with Crippen molar-refractivity contribution in [2.75, 3.05) is 0 Å². The lowest BCUT2D eigenvalue weighted by molar-refractivity contribution is -0.147. The molecule has 4 fully saturated rings. The van der Waals surface area contributed by atoms with Crippen LogP contribution < -0.4 is 0 Å². The van der Waals surface area contributed by atoms with E-state index in [9.17, 15) is 14.7 Å². The molecular weight excluding hydrogens is 260 g/mol. The normalized spacial score (nSPS) is 60.4. The fraction of sp³-hybridized carbons (Fsp3) is 0.867. The number of carbonyl (C=O) groups excluding carboxylic acids is 2. The molecule has 0 aromatic heterocycles. The molecule has 0 amide bonds. The molecule has 0 bridgehead atoms. The average molecular weight is 280 g/mol. The second-order valence-corrected chi connectivity index (χ2v) is 7.19. The van der Waals surface area contributed by atoms with Crippen molar-refractivity contribution in [3.63, 3.8) is 0 Å². The van der Waals surface area contributed by atoms with Gasteiger partial charge in [0.25, 0.3) is 0 Å². The van der Waals surface area contributed by atoms with Crippen LogP contribution in [0, 0.1) is 29.1 Å². The Kier molecular flexibility index (Phi) is 2.32. The molecule has 4 rings (SSSR count). The first-order valence-electron chi connectivity index (χ1n) is 7.45. The third-order valence-electron chi connectivity index (χ3n) is 6.20. The third kappa shape index (κ3) is 1.26. The summed E-state index contributed by atoms with van der Waals surface area (Å²) in [5.74, 6) is -0.625. The Balaban J connectivity index is 1.79. The lowest BCUT2D eigenvalue weighted by atomic mass is 9.66. The number of aliphatic hydroxyl groups excluding tert-OH is 1. The van der Waals surface area contributed by atoms with Crippen LogP contribution in [-0.4, -0.2) is 41.3 Å². The molecule has 0 unspecified atom stereocenters. The molecule has 9 atom stereocenters. The number of aliphatic hydroxyl groups is 1. The summed E-state index contributed by atoms with van der Waals surface area (Å²) in [6.45, 7) is 5.72. The lowest BCUT2D eigenvalue weighted by Crippen LogP contribution is -2.50. The number of esters is 1. The largest absolute Gasteiger partial charge is 0.462 e. The lowest BCUT2D eigenvalue weighted by Gasteiger charge is -2.39. The highest BCUT2D eigenvalue weighted by molar-refractivity contribution is 5.95. The monoisotopic (exact) mass is 280 g/mol. The Morgan fingerprint density at radius 1 is 1.30 bits per heavy atom. The van der Waals surface area contributed by atoms with Gasteiger partial charge in [-0.3, -0.25) is 9.59 Å². The number of carbonyl (C=O) groups is 2. The first kappa shape index (κ1) is 12.8. The van der Waals surface area contributed by atoms with Gasteiger partial charge in [0.2, 0.25) is 0 Å². The third-order valence-corrected chi connectivity index (χ3v) is 6.20. The van der Waals surface area contributed by atoms with Crippen LogP contribution in [0.1, 0.15) is 27.2 Å². The standard InChI is InChI=1S/C15H20O5/c1-5-4-7-8(6(2)14(18)19-7)12(16)15(3)9(5)10-11(20-10)13(15)17/h5-12,16H,4H2,1-3H3/t5-,6-,7+,8+,9+,10-,11-,12+,15-/m1/s1. The van der Waals surface area contributed by atoms with Crippen molar-refractivity contribution in [2.45, 2.75) is 51.6 Å². The number of Topliss-reactive ketones (excluding diaryl/α,β-unsaturated/α-hetero) is 1. The number of rotatable bonds is 0. The molecule has 20 heavy (non-hydrogen) atoms.